The van der Waals surface area contributed by atoms with Crippen LogP contribution in [0.25, 0.3) is 5.78 Å². The second-order valence-corrected chi connectivity index (χ2v) is 5.31. The van der Waals surface area contributed by atoms with E-state index in [1.165, 1.54) is 12.4 Å². The molecule has 8 heteroatoms. The monoisotopic (exact) mass is 355 g/mol. The number of hydrogen-bond donors (Lipinski definition) is 1. The molecule has 0 radical (unpaired) electrons. The van der Waals surface area contributed by atoms with Crippen molar-refractivity contribution in [3.8, 4) is 0 Å². The van der Waals surface area contributed by atoms with Gasteiger partial charge in [-0.2, -0.15) is 19.6 Å². The van der Waals surface area contributed by atoms with Crippen LogP contribution in [0.3, 0.4) is 0 Å². The van der Waals surface area contributed by atoms with E-state index in [9.17, 15) is 4.39 Å². The van der Waals surface area contributed by atoms with Crippen molar-refractivity contribution in [2.75, 3.05) is 5.32 Å². The number of fused-ring (bicyclic) bond motifs is 1. The second kappa shape index (κ2) is 4.99. The average Bonchev–Trinajstić information content (AvgIpc) is 2.87. The highest BCUT2D eigenvalue weighted by atomic mass is 79.9. The Morgan fingerprint density at radius 2 is 2.20 bits per heavy atom. The lowest BCUT2D eigenvalue weighted by Gasteiger charge is -2.12. The Hall–Kier alpha value is -1.73. The van der Waals surface area contributed by atoms with Crippen LogP contribution < -0.4 is 5.32 Å². The molecule has 0 saturated heterocycles. The van der Waals surface area contributed by atoms with E-state index < -0.39 is 0 Å². The molecule has 102 valence electrons. The van der Waals surface area contributed by atoms with Crippen molar-refractivity contribution in [2.24, 2.45) is 0 Å². The molecule has 1 N–H and O–H groups in total. The van der Waals surface area contributed by atoms with Gasteiger partial charge in [0, 0.05) is 11.3 Å². The van der Waals surface area contributed by atoms with Gasteiger partial charge in [0.2, 0.25) is 0 Å². The fraction of sp³-hybridized carbons (Fsp3) is 0.0833. The number of anilines is 2. The first-order valence-electron chi connectivity index (χ1n) is 5.64. The lowest BCUT2D eigenvalue weighted by Crippen LogP contribution is -2.05. The van der Waals surface area contributed by atoms with Crippen molar-refractivity contribution < 1.29 is 4.39 Å². The molecule has 0 saturated carbocycles. The molecule has 0 spiro atoms. The number of aromatic nitrogens is 4. The highest BCUT2D eigenvalue weighted by Gasteiger charge is 2.12. The summed E-state index contributed by atoms with van der Waals surface area (Å²) in [4.78, 5) is 8.12. The number of rotatable bonds is 2. The predicted octanol–water partition coefficient (Wildman–Crippen LogP) is 3.73. The van der Waals surface area contributed by atoms with Crippen LogP contribution in [-0.4, -0.2) is 19.6 Å². The maximum atomic E-state index is 13.3. The van der Waals surface area contributed by atoms with Gasteiger partial charge in [0.15, 0.2) is 0 Å². The number of benzene rings is 1. The zero-order chi connectivity index (χ0) is 14.3. The van der Waals surface area contributed by atoms with E-state index in [1.807, 2.05) is 6.92 Å². The lowest BCUT2D eigenvalue weighted by molar-refractivity contribution is 0.621. The smallest absolute Gasteiger partial charge is 0.255 e. The summed E-state index contributed by atoms with van der Waals surface area (Å²) in [5, 5.41) is 7.58. The summed E-state index contributed by atoms with van der Waals surface area (Å²) in [5.74, 6) is 0.700. The number of nitrogens with zero attached hydrogens (tertiary/aromatic N) is 4. The summed E-state index contributed by atoms with van der Waals surface area (Å²) in [5.41, 5.74) is 1.42. The van der Waals surface area contributed by atoms with Crippen LogP contribution in [0.4, 0.5) is 15.9 Å². The van der Waals surface area contributed by atoms with Gasteiger partial charge in [-0.3, -0.25) is 0 Å². The molecule has 3 aromatic rings. The zero-order valence-corrected chi connectivity index (χ0v) is 12.6. The Morgan fingerprint density at radius 3 is 2.95 bits per heavy atom. The van der Waals surface area contributed by atoms with Crippen LogP contribution in [0.2, 0.25) is 5.15 Å². The minimum Gasteiger partial charge on any atom is -0.340 e. The van der Waals surface area contributed by atoms with Crippen molar-refractivity contribution in [1.82, 2.24) is 19.6 Å². The average molecular weight is 357 g/mol. The van der Waals surface area contributed by atoms with E-state index in [0.29, 0.717) is 26.9 Å². The van der Waals surface area contributed by atoms with Gasteiger partial charge in [0.25, 0.3) is 5.78 Å². The third kappa shape index (κ3) is 2.23. The molecule has 3 rings (SSSR count). The molecule has 20 heavy (non-hydrogen) atoms. The molecule has 0 fully saturated rings. The lowest BCUT2D eigenvalue weighted by atomic mass is 10.3. The van der Waals surface area contributed by atoms with E-state index in [4.69, 9.17) is 11.6 Å². The van der Waals surface area contributed by atoms with Gasteiger partial charge < -0.3 is 5.32 Å². The van der Waals surface area contributed by atoms with Crippen molar-refractivity contribution in [2.45, 2.75) is 6.92 Å². The summed E-state index contributed by atoms with van der Waals surface area (Å²) < 4.78 is 15.2. The highest BCUT2D eigenvalue weighted by molar-refractivity contribution is 9.10. The molecule has 0 unspecified atom stereocenters. The van der Waals surface area contributed by atoms with Gasteiger partial charge in [-0.05, 0) is 41.1 Å². The van der Waals surface area contributed by atoms with Crippen LogP contribution in [0, 0.1) is 12.7 Å². The first kappa shape index (κ1) is 13.3. The molecule has 5 nitrogen and oxygen atoms in total. The van der Waals surface area contributed by atoms with E-state index in [0.717, 1.165) is 5.56 Å². The maximum absolute atomic E-state index is 13.3. The normalized spacial score (nSPS) is 11.0. The van der Waals surface area contributed by atoms with Crippen LogP contribution >= 0.6 is 27.5 Å². The van der Waals surface area contributed by atoms with Gasteiger partial charge in [-0.1, -0.05) is 11.6 Å². The van der Waals surface area contributed by atoms with Crippen LogP contribution in [0.1, 0.15) is 5.56 Å². The Balaban J connectivity index is 2.11. The molecule has 0 bridgehead atoms. The van der Waals surface area contributed by atoms with E-state index in [2.05, 4.69) is 36.3 Å². The fourth-order valence-electron chi connectivity index (χ4n) is 1.75. The fourth-order valence-corrected chi connectivity index (χ4v) is 2.30. The van der Waals surface area contributed by atoms with Gasteiger partial charge in [0.1, 0.15) is 23.1 Å². The highest BCUT2D eigenvalue weighted by Crippen LogP contribution is 2.27. The molecule has 1 aromatic carbocycles. The van der Waals surface area contributed by atoms with Crippen molar-refractivity contribution in [3.63, 3.8) is 0 Å². The van der Waals surface area contributed by atoms with Crippen molar-refractivity contribution >= 4 is 44.8 Å². The van der Waals surface area contributed by atoms with Crippen molar-refractivity contribution in [1.29, 1.82) is 0 Å². The summed E-state index contributed by atoms with van der Waals surface area (Å²) in [6.45, 7) is 1.82. The third-order valence-electron chi connectivity index (χ3n) is 2.79. The van der Waals surface area contributed by atoms with E-state index in [1.54, 1.807) is 16.6 Å². The number of nitrogens with one attached hydrogen (secondary N) is 1. The van der Waals surface area contributed by atoms with Gasteiger partial charge in [0.05, 0.1) is 4.47 Å². The minimum atomic E-state index is -0.328. The first-order valence-corrected chi connectivity index (χ1v) is 6.81. The molecule has 0 aliphatic carbocycles. The van der Waals surface area contributed by atoms with Gasteiger partial charge in [-0.25, -0.2) is 4.39 Å². The standard InChI is InChI=1S/C12H8BrClFN5/c1-6-10(14)19-12-16-5-17-20(12)11(6)18-7-2-3-9(15)8(13)4-7/h2-5,18H,1H3. The Morgan fingerprint density at radius 1 is 1.40 bits per heavy atom. The topological polar surface area (TPSA) is 55.1 Å². The van der Waals surface area contributed by atoms with Gasteiger partial charge >= 0.3 is 0 Å². The SMILES string of the molecule is Cc1c(Cl)nc2ncnn2c1Nc1ccc(F)c(Br)c1. The molecule has 0 atom stereocenters. The molecule has 2 aromatic heterocycles. The molecular formula is C12H8BrClFN5. The Bertz CT molecular complexity index is 804. The first-order chi connectivity index (χ1) is 9.56. The summed E-state index contributed by atoms with van der Waals surface area (Å²) in [6.07, 6.45) is 1.39. The van der Waals surface area contributed by atoms with Crippen molar-refractivity contribution in [3.05, 3.63) is 45.5 Å². The van der Waals surface area contributed by atoms with Crippen LogP contribution in [0.5, 0.6) is 0 Å². The summed E-state index contributed by atoms with van der Waals surface area (Å²) in [7, 11) is 0. The zero-order valence-electron chi connectivity index (χ0n) is 10.2. The van der Waals surface area contributed by atoms with Crippen LogP contribution in [0.15, 0.2) is 29.0 Å². The maximum Gasteiger partial charge on any atom is 0.255 e. The van der Waals surface area contributed by atoms with E-state index in [-0.39, 0.29) is 5.82 Å². The number of hydrogen-bond acceptors (Lipinski definition) is 4. The molecular weight excluding hydrogens is 349 g/mol. The summed E-state index contributed by atoms with van der Waals surface area (Å²) in [6, 6.07) is 4.62. The second-order valence-electron chi connectivity index (χ2n) is 4.10. The Labute approximate surface area is 126 Å². The van der Waals surface area contributed by atoms with Gasteiger partial charge in [-0.15, -0.1) is 0 Å². The third-order valence-corrected chi connectivity index (χ3v) is 3.76. The molecule has 0 amide bonds. The quantitative estimate of drug-likeness (QED) is 0.711. The number of halogens is 3. The summed E-state index contributed by atoms with van der Waals surface area (Å²) >= 11 is 9.22. The molecule has 0 aliphatic heterocycles. The Kier molecular flexibility index (Phi) is 3.31. The largest absolute Gasteiger partial charge is 0.340 e. The van der Waals surface area contributed by atoms with Crippen LogP contribution in [-0.2, 0) is 0 Å². The molecule has 2 heterocycles. The predicted molar refractivity (Wildman–Crippen MR) is 77.9 cm³/mol. The van der Waals surface area contributed by atoms with E-state index >= 15 is 0 Å². The minimum absolute atomic E-state index is 0.328. The molecule has 0 aliphatic rings.